The summed E-state index contributed by atoms with van der Waals surface area (Å²) in [6.45, 7) is 4.43. The number of hydrogen-bond acceptors (Lipinski definition) is 40. The van der Waals surface area contributed by atoms with Gasteiger partial charge in [-0.3, -0.25) is 38.4 Å². The molecule has 8 aliphatic heterocycles. The predicted octanol–water partition coefficient (Wildman–Crippen LogP) is 21.9. The third-order valence-corrected chi connectivity index (χ3v) is 39.7. The number of thiol groups is 8. The van der Waals surface area contributed by atoms with Crippen molar-refractivity contribution in [3.05, 3.63) is 0 Å². The van der Waals surface area contributed by atoms with Crippen LogP contribution in [0.4, 0.5) is 0 Å². The van der Waals surface area contributed by atoms with Gasteiger partial charge in [-0.1, -0.05) is 0 Å². The number of thioether (sulfide) groups is 8. The number of fused-ring (bicyclic) bond motifs is 8. The third kappa shape index (κ3) is 64.2. The molecule has 40 heteroatoms. The average molecular weight is 2380 g/mol. The van der Waals surface area contributed by atoms with Gasteiger partial charge in [0.15, 0.2) is 0 Å². The smallest absolute Gasteiger partial charge is 0.306 e. The molecule has 16 rings (SSSR count). The zero-order valence-electron chi connectivity index (χ0n) is 88.2. The second-order valence-electron chi connectivity index (χ2n) is 41.4. The van der Waals surface area contributed by atoms with Crippen LogP contribution in [-0.4, -0.2) is 336 Å². The molecule has 8 heterocycles. The van der Waals surface area contributed by atoms with Crippen molar-refractivity contribution in [2.75, 3.05) is 191 Å². The summed E-state index contributed by atoms with van der Waals surface area (Å²) in [5.74, 6) is 29.1. The van der Waals surface area contributed by atoms with E-state index in [-0.39, 0.29) is 47.8 Å². The topological polar surface area (TPSA) is 311 Å². The van der Waals surface area contributed by atoms with Crippen LogP contribution in [0.2, 0.25) is 0 Å². The standard InChI is InChI=1S/C15H26O3S2.3C14H24O3S2.3C13H22O3S2.C12H20O3S2/c16-15(3-1-8-19)17-7-2-9-20-10-6-12-4-5-13-14(11-12)18-13;15-14(4-7-18)16-6-1-8-19-9-5-11-2-3-12-13(10-11)17-12;15-14(3-1-6-18)16-5-2-7-19-8-4-11-9-12-13(10-11)17-12;15-14(2-1-7-18)16-6-9-19-8-5-11-3-4-12-13(10-11)17-12;14-13(2-5-17)15-4-1-6-18-7-3-10-8-11-12(9-10)16-11;14-13(3-6-17)15-5-8-18-7-4-10-1-2-11-12(9-10)16-11;14-13(2-1-5-17)15-4-7-18-6-3-10-8-11-12(9-10)16-11;13-12(1-4-16)14-3-6-17-5-2-9-7-10-11(8-9)15-10/h12-14,19H,1-11H2;3*11-13,18H,1-10H2;3*10-12,17H,1-9H2;9-11,16H,1-8H2. The van der Waals surface area contributed by atoms with Gasteiger partial charge in [0.1, 0.15) is 26.4 Å². The number of carbonyl (C=O) groups is 8. The molecule has 24 nitrogen and oxygen atoms in total. The summed E-state index contributed by atoms with van der Waals surface area (Å²) in [4.78, 5) is 89.2. The molecule has 0 aromatic carbocycles. The Balaban J connectivity index is 0.000000188. The van der Waals surface area contributed by atoms with E-state index >= 15 is 0 Å². The fraction of sp³-hybridized carbons (Fsp3) is 0.926. The molecule has 16 fully saturated rings. The molecule has 0 N–H and O–H groups in total. The van der Waals surface area contributed by atoms with Crippen LogP contribution in [0.5, 0.6) is 0 Å². The van der Waals surface area contributed by atoms with Gasteiger partial charge in [-0.25, -0.2) is 0 Å². The van der Waals surface area contributed by atoms with Gasteiger partial charge in [-0.15, -0.1) is 0 Å². The van der Waals surface area contributed by atoms with Crippen molar-refractivity contribution in [1.29, 1.82) is 0 Å². The van der Waals surface area contributed by atoms with Gasteiger partial charge in [-0.2, -0.15) is 195 Å². The number of esters is 8. The third-order valence-electron chi connectivity index (χ3n) is 29.3. The SMILES string of the molecule is O=C(CCCS)OCCCSCCC1CC2OC2C1.O=C(CCCS)OCCCSCCC1CCC2OC2C1.O=C(CCCS)OCCSCCC1CC2OC2C1.O=C(CCCS)OCCSCCC1CCC2OC2C1.O=C(CCS)OCCCSCCC1CC2OC2C1.O=C(CCS)OCCCSCCC1CCC2OC2C1.O=C(CCS)OCCSCCC1CC2OC2C1.O=C(CCS)OCCSCCC1CCC2OC2C1. The van der Waals surface area contributed by atoms with Gasteiger partial charge in [0.25, 0.3) is 0 Å². The first-order chi connectivity index (χ1) is 72.3. The number of ether oxygens (including phenoxy) is 16. The van der Waals surface area contributed by atoms with Crippen LogP contribution < -0.4 is 0 Å². The summed E-state index contributed by atoms with van der Waals surface area (Å²) >= 11 is 47.7. The van der Waals surface area contributed by atoms with E-state index in [1.807, 2.05) is 94.1 Å². The van der Waals surface area contributed by atoms with E-state index in [1.165, 1.54) is 226 Å². The molecule has 0 aromatic heterocycles. The zero-order chi connectivity index (χ0) is 105. The minimum absolute atomic E-state index is 0.0785. The molecule has 8 saturated heterocycles. The summed E-state index contributed by atoms with van der Waals surface area (Å²) in [6.07, 6.45) is 56.7. The van der Waals surface area contributed by atoms with Crippen molar-refractivity contribution in [3.63, 3.8) is 0 Å². The molecule has 8 aliphatic carbocycles. The molecular weight excluding hydrogens is 2190 g/mol. The monoisotopic (exact) mass is 2380 g/mol. The maximum absolute atomic E-state index is 11.3. The van der Waals surface area contributed by atoms with Crippen molar-refractivity contribution in [1.82, 2.24) is 0 Å². The second-order valence-corrected chi connectivity index (χ2v) is 54.7. The first kappa shape index (κ1) is 132. The minimum atomic E-state index is -0.131. The lowest BCUT2D eigenvalue weighted by Crippen LogP contribution is -2.14. The molecule has 0 radical (unpaired) electrons. The fourth-order valence-corrected chi connectivity index (χ4v) is 29.3. The first-order valence-corrected chi connectivity index (χ1v) is 70.6. The van der Waals surface area contributed by atoms with Crippen LogP contribution in [-0.2, 0) is 114 Å². The summed E-state index contributed by atoms with van der Waals surface area (Å²) in [5, 5.41) is 0. The highest BCUT2D eigenvalue weighted by molar-refractivity contribution is 8.00. The van der Waals surface area contributed by atoms with Crippen LogP contribution in [0.1, 0.15) is 283 Å². The van der Waals surface area contributed by atoms with Gasteiger partial charge in [0.2, 0.25) is 0 Å². The lowest BCUT2D eigenvalue weighted by atomic mass is 9.88. The average Bonchev–Trinajstić information content (AvgIpc) is 1.65. The fourth-order valence-electron chi connectivity index (χ4n) is 20.2. The van der Waals surface area contributed by atoms with Crippen LogP contribution in [0.3, 0.4) is 0 Å². The number of rotatable bonds is 72. The largest absolute Gasteiger partial charge is 0.466 e. The van der Waals surface area contributed by atoms with Crippen molar-refractivity contribution >= 4 is 243 Å². The molecule has 856 valence electrons. The van der Waals surface area contributed by atoms with Gasteiger partial charge < -0.3 is 75.8 Å². The van der Waals surface area contributed by atoms with Crippen molar-refractivity contribution in [2.45, 2.75) is 380 Å². The van der Waals surface area contributed by atoms with E-state index in [2.05, 4.69) is 101 Å². The lowest BCUT2D eigenvalue weighted by molar-refractivity contribution is -0.144. The van der Waals surface area contributed by atoms with Crippen LogP contribution in [0.15, 0.2) is 0 Å². The highest BCUT2D eigenvalue weighted by Gasteiger charge is 2.52. The molecule has 20 unspecified atom stereocenters. The Morgan fingerprint density at radius 3 is 0.507 bits per heavy atom. The first-order valence-electron chi connectivity index (χ1n) is 56.3. The van der Waals surface area contributed by atoms with Gasteiger partial charge in [0, 0.05) is 71.7 Å². The summed E-state index contributed by atoms with van der Waals surface area (Å²) in [6, 6.07) is 0. The minimum Gasteiger partial charge on any atom is -0.466 e. The Bertz CT molecular complexity index is 3520. The second kappa shape index (κ2) is 82.4. The van der Waals surface area contributed by atoms with E-state index in [0.29, 0.717) is 225 Å². The number of hydrogen-bond donors (Lipinski definition) is 8. The van der Waals surface area contributed by atoms with Crippen LogP contribution in [0, 0.1) is 47.3 Å². The van der Waals surface area contributed by atoms with E-state index in [4.69, 9.17) is 75.8 Å². The van der Waals surface area contributed by atoms with E-state index in [9.17, 15) is 38.4 Å². The molecule has 0 bridgehead atoms. The van der Waals surface area contributed by atoms with Gasteiger partial charge in [0.05, 0.1) is 150 Å². The Hall–Kier alpha value is 1.04. The van der Waals surface area contributed by atoms with E-state index in [0.717, 1.165) is 168 Å². The molecule has 0 amide bonds. The Morgan fingerprint density at radius 1 is 0.169 bits per heavy atom. The molecule has 16 aliphatic rings. The number of carbonyl (C=O) groups excluding carboxylic acids is 8. The predicted molar refractivity (Wildman–Crippen MR) is 637 cm³/mol. The maximum atomic E-state index is 11.3. The Morgan fingerprint density at radius 2 is 0.324 bits per heavy atom. The number of epoxide rings is 8. The molecule has 8 saturated carbocycles. The Labute approximate surface area is 966 Å². The zero-order valence-corrected chi connectivity index (χ0v) is 102. The van der Waals surface area contributed by atoms with Gasteiger partial charge >= 0.3 is 47.8 Å². The molecule has 148 heavy (non-hydrogen) atoms. The quantitative estimate of drug-likeness (QED) is 0.00922. The molecule has 20 atom stereocenters. The Kier molecular flexibility index (Phi) is 73.8. The van der Waals surface area contributed by atoms with Crippen LogP contribution >= 0.6 is 195 Å². The highest BCUT2D eigenvalue weighted by Crippen LogP contribution is 2.49. The normalized spacial score (nSPS) is 28.9. The maximum Gasteiger partial charge on any atom is 0.306 e. The summed E-state index contributed by atoms with van der Waals surface area (Å²) in [7, 11) is 0. The van der Waals surface area contributed by atoms with E-state index < -0.39 is 0 Å². The lowest BCUT2D eigenvalue weighted by Gasteiger charge is -2.18. The summed E-state index contributed by atoms with van der Waals surface area (Å²) in [5.41, 5.74) is 0. The van der Waals surface area contributed by atoms with Crippen molar-refractivity contribution in [2.24, 2.45) is 47.3 Å². The summed E-state index contributed by atoms with van der Waals surface area (Å²) < 4.78 is 84.7. The van der Waals surface area contributed by atoms with Crippen molar-refractivity contribution < 1.29 is 114 Å². The van der Waals surface area contributed by atoms with E-state index in [1.54, 1.807) is 0 Å². The van der Waals surface area contributed by atoms with Crippen LogP contribution in [0.25, 0.3) is 0 Å². The molecular formula is C108H184O24S16. The highest BCUT2D eigenvalue weighted by atomic mass is 32.2. The van der Waals surface area contributed by atoms with Crippen molar-refractivity contribution in [3.8, 4) is 0 Å². The molecule has 0 aromatic rings. The molecule has 0 spiro atoms. The van der Waals surface area contributed by atoms with Gasteiger partial charge in [-0.05, 0) is 371 Å².